The predicted molar refractivity (Wildman–Crippen MR) is 152 cm³/mol. The summed E-state index contributed by atoms with van der Waals surface area (Å²) in [4.78, 5) is 4.70. The quantitative estimate of drug-likeness (QED) is 0.291. The van der Waals surface area contributed by atoms with Gasteiger partial charge < -0.3 is 5.11 Å². The normalized spacial score (nSPS) is 13.7. The van der Waals surface area contributed by atoms with Gasteiger partial charge in [0.15, 0.2) is 0 Å². The Morgan fingerprint density at radius 1 is 1.11 bits per heavy atom. The van der Waals surface area contributed by atoms with E-state index in [2.05, 4.69) is 50.8 Å². The molecule has 1 N–H and O–H groups in total. The zero-order valence-corrected chi connectivity index (χ0v) is 22.0. The van der Waals surface area contributed by atoms with E-state index < -0.39 is 5.60 Å². The van der Waals surface area contributed by atoms with Crippen molar-refractivity contribution in [3.63, 3.8) is 0 Å². The minimum absolute atomic E-state index is 0.346. The first kappa shape index (κ1) is 26.7. The monoisotopic (exact) mass is 485 g/mol. The van der Waals surface area contributed by atoms with Gasteiger partial charge in [-0.25, -0.2) is 4.98 Å². The summed E-state index contributed by atoms with van der Waals surface area (Å²) in [5, 5.41) is 12.3. The number of aliphatic hydroxyl groups is 1. The summed E-state index contributed by atoms with van der Waals surface area (Å²) in [7, 11) is 0. The van der Waals surface area contributed by atoms with Crippen LogP contribution < -0.4 is 0 Å². The number of fused-ring (bicyclic) bond motifs is 1. The van der Waals surface area contributed by atoms with Gasteiger partial charge in [0.2, 0.25) is 0 Å². The van der Waals surface area contributed by atoms with Gasteiger partial charge in [0.1, 0.15) is 0 Å². The Bertz CT molecular complexity index is 1260. The molecular weight excluding hydrogens is 450 g/mol. The van der Waals surface area contributed by atoms with Gasteiger partial charge in [-0.05, 0) is 85.6 Å². The zero-order valence-electron chi connectivity index (χ0n) is 21.3. The van der Waals surface area contributed by atoms with Gasteiger partial charge in [0.25, 0.3) is 0 Å². The number of benzene rings is 2. The van der Waals surface area contributed by atoms with E-state index in [0.29, 0.717) is 10.9 Å². The Balaban J connectivity index is 1.74. The molecule has 1 atom stereocenters. The van der Waals surface area contributed by atoms with Crippen LogP contribution in [-0.2, 0) is 12.0 Å². The fourth-order valence-corrected chi connectivity index (χ4v) is 4.30. The van der Waals surface area contributed by atoms with Gasteiger partial charge in [-0.2, -0.15) is 0 Å². The van der Waals surface area contributed by atoms with Crippen LogP contribution in [-0.4, -0.2) is 10.1 Å². The lowest BCUT2D eigenvalue weighted by atomic mass is 9.87. The van der Waals surface area contributed by atoms with E-state index >= 15 is 0 Å². The van der Waals surface area contributed by atoms with Crippen molar-refractivity contribution in [1.29, 1.82) is 0 Å². The summed E-state index contributed by atoms with van der Waals surface area (Å²) in [6, 6.07) is 18.0. The molecule has 1 heterocycles. The molecule has 1 aromatic heterocycles. The van der Waals surface area contributed by atoms with E-state index in [1.807, 2.05) is 68.5 Å². The molecule has 2 aromatic carbocycles. The van der Waals surface area contributed by atoms with Gasteiger partial charge in [-0.15, -0.1) is 0 Å². The summed E-state index contributed by atoms with van der Waals surface area (Å²) in [5.74, 6) is 0.346. The predicted octanol–water partition coefficient (Wildman–Crippen LogP) is 8.85. The molecule has 3 rings (SSSR count). The highest BCUT2D eigenvalue weighted by atomic mass is 35.5. The SMILES string of the molecule is C=C(C=Cc1ccc2ccc(Cl)cc2n1)C=C(C=CCC)C(C)CCc1ccccc1C(C)(C)O. The second-order valence-corrected chi connectivity index (χ2v) is 10.0. The first-order valence-electron chi connectivity index (χ1n) is 12.3. The standard InChI is InChI=1S/C32H36ClNO/c1-6-7-10-27(24(3)14-15-25-11-8-9-12-30(25)32(4,5)35)21-23(2)13-19-29-20-17-26-16-18-28(33)22-31(26)34-29/h7-13,16-22,24,35H,2,6,14-15H2,1,3-5H3. The van der Waals surface area contributed by atoms with Gasteiger partial charge in [0.05, 0.1) is 16.8 Å². The lowest BCUT2D eigenvalue weighted by molar-refractivity contribution is 0.0775. The molecule has 0 saturated carbocycles. The molecule has 35 heavy (non-hydrogen) atoms. The molecule has 0 aliphatic rings. The van der Waals surface area contributed by atoms with Crippen LogP contribution in [0.1, 0.15) is 57.4 Å². The zero-order chi connectivity index (χ0) is 25.4. The van der Waals surface area contributed by atoms with E-state index in [9.17, 15) is 5.11 Å². The van der Waals surface area contributed by atoms with Crippen LogP contribution in [0.4, 0.5) is 0 Å². The first-order chi connectivity index (χ1) is 16.7. The Labute approximate surface area is 215 Å². The first-order valence-corrected chi connectivity index (χ1v) is 12.7. The van der Waals surface area contributed by atoms with Crippen molar-refractivity contribution in [3.05, 3.63) is 118 Å². The van der Waals surface area contributed by atoms with Crippen molar-refractivity contribution < 1.29 is 5.11 Å². The molecule has 0 bridgehead atoms. The number of aryl methyl sites for hydroxylation is 1. The molecule has 2 nitrogen and oxygen atoms in total. The third-order valence-electron chi connectivity index (χ3n) is 6.13. The van der Waals surface area contributed by atoms with Gasteiger partial charge in [0, 0.05) is 10.4 Å². The molecular formula is C32H36ClNO. The Morgan fingerprint density at radius 2 is 1.86 bits per heavy atom. The summed E-state index contributed by atoms with van der Waals surface area (Å²) in [5.41, 5.74) is 5.29. The second kappa shape index (κ2) is 12.2. The minimum Gasteiger partial charge on any atom is -0.386 e. The maximum atomic E-state index is 10.6. The van der Waals surface area contributed by atoms with E-state index in [1.165, 1.54) is 11.1 Å². The van der Waals surface area contributed by atoms with E-state index in [0.717, 1.165) is 47.0 Å². The Morgan fingerprint density at radius 3 is 2.60 bits per heavy atom. The molecule has 0 aliphatic heterocycles. The van der Waals surface area contributed by atoms with Crippen LogP contribution in [0.5, 0.6) is 0 Å². The average molecular weight is 486 g/mol. The maximum Gasteiger partial charge on any atom is 0.0843 e. The van der Waals surface area contributed by atoms with E-state index in [1.54, 1.807) is 0 Å². The molecule has 182 valence electrons. The summed E-state index contributed by atoms with van der Waals surface area (Å²) in [6.07, 6.45) is 13.4. The van der Waals surface area contributed by atoms with Crippen molar-refractivity contribution in [3.8, 4) is 0 Å². The van der Waals surface area contributed by atoms with Crippen LogP contribution in [0.15, 0.2) is 96.6 Å². The molecule has 0 spiro atoms. The molecule has 0 saturated heterocycles. The van der Waals surface area contributed by atoms with Gasteiger partial charge in [-0.3, -0.25) is 0 Å². The van der Waals surface area contributed by atoms with Crippen LogP contribution in [0.25, 0.3) is 17.0 Å². The fourth-order valence-electron chi connectivity index (χ4n) is 4.14. The van der Waals surface area contributed by atoms with Crippen molar-refractivity contribution >= 4 is 28.6 Å². The highest BCUT2D eigenvalue weighted by Crippen LogP contribution is 2.27. The van der Waals surface area contributed by atoms with Crippen molar-refractivity contribution in [2.75, 3.05) is 0 Å². The Hall–Kier alpha value is -2.94. The number of halogens is 1. The Kier molecular flexibility index (Phi) is 9.26. The highest BCUT2D eigenvalue weighted by Gasteiger charge is 2.19. The molecule has 1 unspecified atom stereocenters. The number of allylic oxidation sites excluding steroid dienone is 6. The number of rotatable bonds is 10. The van der Waals surface area contributed by atoms with Gasteiger partial charge >= 0.3 is 0 Å². The molecule has 3 aromatic rings. The molecule has 0 aliphatic carbocycles. The number of hydrogen-bond donors (Lipinski definition) is 1. The van der Waals surface area contributed by atoms with Crippen molar-refractivity contribution in [2.45, 2.75) is 52.6 Å². The third kappa shape index (κ3) is 7.78. The average Bonchev–Trinajstić information content (AvgIpc) is 2.83. The summed E-state index contributed by atoms with van der Waals surface area (Å²) >= 11 is 6.12. The lowest BCUT2D eigenvalue weighted by Gasteiger charge is -2.22. The number of nitrogens with zero attached hydrogens (tertiary/aromatic N) is 1. The molecule has 0 amide bonds. The van der Waals surface area contributed by atoms with Crippen LogP contribution in [0.3, 0.4) is 0 Å². The summed E-state index contributed by atoms with van der Waals surface area (Å²) in [6.45, 7) is 12.4. The van der Waals surface area contributed by atoms with Crippen LogP contribution in [0, 0.1) is 5.92 Å². The van der Waals surface area contributed by atoms with Crippen molar-refractivity contribution in [1.82, 2.24) is 4.98 Å². The minimum atomic E-state index is -0.845. The molecule has 0 fully saturated rings. The molecule has 3 heteroatoms. The second-order valence-electron chi connectivity index (χ2n) is 9.59. The third-order valence-corrected chi connectivity index (χ3v) is 6.37. The van der Waals surface area contributed by atoms with Crippen LogP contribution in [0.2, 0.25) is 5.02 Å². The largest absolute Gasteiger partial charge is 0.386 e. The molecule has 0 radical (unpaired) electrons. The fraction of sp³-hybridized carbons (Fsp3) is 0.281. The number of aromatic nitrogens is 1. The van der Waals surface area contributed by atoms with E-state index in [-0.39, 0.29) is 0 Å². The van der Waals surface area contributed by atoms with Gasteiger partial charge in [-0.1, -0.05) is 92.7 Å². The topological polar surface area (TPSA) is 33.1 Å². The number of hydrogen-bond acceptors (Lipinski definition) is 2. The van der Waals surface area contributed by atoms with Crippen LogP contribution >= 0.6 is 11.6 Å². The number of pyridine rings is 1. The van der Waals surface area contributed by atoms with Crippen molar-refractivity contribution in [2.24, 2.45) is 5.92 Å². The van der Waals surface area contributed by atoms with E-state index in [4.69, 9.17) is 16.6 Å². The summed E-state index contributed by atoms with van der Waals surface area (Å²) < 4.78 is 0. The smallest absolute Gasteiger partial charge is 0.0843 e. The highest BCUT2D eigenvalue weighted by molar-refractivity contribution is 6.31. The maximum absolute atomic E-state index is 10.6. The lowest BCUT2D eigenvalue weighted by Crippen LogP contribution is -2.18.